The second-order valence-electron chi connectivity index (χ2n) is 7.77. The van der Waals surface area contributed by atoms with Crippen molar-refractivity contribution in [3.8, 4) is 33.8 Å². The summed E-state index contributed by atoms with van der Waals surface area (Å²) in [6.07, 6.45) is 1.80. The largest absolute Gasteiger partial charge is 0.507 e. The molecule has 0 unspecified atom stereocenters. The van der Waals surface area contributed by atoms with Gasteiger partial charge in [0.25, 0.3) is 5.97 Å². The molecule has 0 atom stereocenters. The Kier molecular flexibility index (Phi) is 6.00. The van der Waals surface area contributed by atoms with Crippen molar-refractivity contribution in [2.24, 2.45) is 0 Å². The molecule has 3 aromatic carbocycles. The topological polar surface area (TPSA) is 99.8 Å². The number of hydrogen-bond donors (Lipinski definition) is 3. The standard InChI is InChI=1S/C25H19NO3.C2H4O2/c27-24-13-11-18(14-21(24)25(28)29)26-22-12-10-16-6-4-5-9-19(16)20(22)15-23(26)17-7-2-1-3-8-17;1-2(3)4/h1-9,11,13-15,27H,10,12H2,(H,28,29);1H3,(H,3,4). The van der Waals surface area contributed by atoms with E-state index in [9.17, 15) is 15.0 Å². The molecule has 0 amide bonds. The highest BCUT2D eigenvalue weighted by Gasteiger charge is 2.24. The Bertz CT molecular complexity index is 1330. The maximum Gasteiger partial charge on any atom is 0.339 e. The van der Waals surface area contributed by atoms with Crippen molar-refractivity contribution in [1.82, 2.24) is 4.57 Å². The first kappa shape index (κ1) is 21.9. The number of aryl methyl sites for hydroxylation is 1. The van der Waals surface area contributed by atoms with Gasteiger partial charge in [-0.15, -0.1) is 0 Å². The normalized spacial score (nSPS) is 11.5. The first-order valence-corrected chi connectivity index (χ1v) is 10.5. The quantitative estimate of drug-likeness (QED) is 0.395. The lowest BCUT2D eigenvalue weighted by atomic mass is 9.90. The third-order valence-corrected chi connectivity index (χ3v) is 5.58. The number of hydrogen-bond acceptors (Lipinski definition) is 3. The van der Waals surface area contributed by atoms with Gasteiger partial charge in [0.1, 0.15) is 11.3 Å². The minimum absolute atomic E-state index is 0.0971. The molecule has 5 rings (SSSR count). The van der Waals surface area contributed by atoms with Crippen LogP contribution >= 0.6 is 0 Å². The van der Waals surface area contributed by atoms with Crippen LogP contribution in [0.15, 0.2) is 78.9 Å². The number of rotatable bonds is 3. The van der Waals surface area contributed by atoms with Crippen LogP contribution in [0.1, 0.15) is 28.5 Å². The second-order valence-corrected chi connectivity index (χ2v) is 7.77. The van der Waals surface area contributed by atoms with Gasteiger partial charge in [0, 0.05) is 23.9 Å². The summed E-state index contributed by atoms with van der Waals surface area (Å²) in [4.78, 5) is 20.6. The molecule has 1 heterocycles. The smallest absolute Gasteiger partial charge is 0.339 e. The van der Waals surface area contributed by atoms with E-state index >= 15 is 0 Å². The lowest BCUT2D eigenvalue weighted by Gasteiger charge is -2.20. The molecule has 4 aromatic rings. The zero-order valence-corrected chi connectivity index (χ0v) is 18.0. The zero-order valence-electron chi connectivity index (χ0n) is 18.0. The highest BCUT2D eigenvalue weighted by atomic mass is 16.4. The maximum atomic E-state index is 11.6. The van der Waals surface area contributed by atoms with Gasteiger partial charge in [-0.3, -0.25) is 4.79 Å². The van der Waals surface area contributed by atoms with Crippen molar-refractivity contribution >= 4 is 11.9 Å². The van der Waals surface area contributed by atoms with Gasteiger partial charge < -0.3 is 19.9 Å². The van der Waals surface area contributed by atoms with Crippen LogP contribution in [-0.2, 0) is 17.6 Å². The average Bonchev–Trinajstić information content (AvgIpc) is 3.20. The second kappa shape index (κ2) is 9.04. The number of phenols is 1. The summed E-state index contributed by atoms with van der Waals surface area (Å²) in [5, 5.41) is 26.9. The predicted molar refractivity (Wildman–Crippen MR) is 126 cm³/mol. The fraction of sp³-hybridized carbons (Fsp3) is 0.111. The molecule has 0 saturated heterocycles. The van der Waals surface area contributed by atoms with Crippen LogP contribution in [0.3, 0.4) is 0 Å². The Hall–Kier alpha value is -4.32. The number of carboxylic acid groups (broad SMARTS) is 2. The van der Waals surface area contributed by atoms with Gasteiger partial charge in [-0.05, 0) is 53.8 Å². The van der Waals surface area contributed by atoms with Gasteiger partial charge in [-0.25, -0.2) is 4.79 Å². The summed E-state index contributed by atoms with van der Waals surface area (Å²) in [6, 6.07) is 25.5. The van der Waals surface area contributed by atoms with E-state index in [0.717, 1.165) is 42.4 Å². The number of carboxylic acids is 2. The van der Waals surface area contributed by atoms with E-state index in [2.05, 4.69) is 47.0 Å². The van der Waals surface area contributed by atoms with E-state index in [0.29, 0.717) is 0 Å². The van der Waals surface area contributed by atoms with Crippen LogP contribution in [0.4, 0.5) is 0 Å². The van der Waals surface area contributed by atoms with Crippen molar-refractivity contribution < 1.29 is 24.9 Å². The Morgan fingerprint density at radius 1 is 0.818 bits per heavy atom. The van der Waals surface area contributed by atoms with Crippen LogP contribution in [0, 0.1) is 0 Å². The molecular weight excluding hydrogens is 418 g/mol. The molecule has 0 aliphatic heterocycles. The van der Waals surface area contributed by atoms with Crippen molar-refractivity contribution in [2.45, 2.75) is 19.8 Å². The summed E-state index contributed by atoms with van der Waals surface area (Å²) < 4.78 is 2.13. The van der Waals surface area contributed by atoms with Gasteiger partial charge in [0.15, 0.2) is 0 Å². The summed E-state index contributed by atoms with van der Waals surface area (Å²) in [5.41, 5.74) is 7.59. The average molecular weight is 441 g/mol. The van der Waals surface area contributed by atoms with Crippen molar-refractivity contribution in [2.75, 3.05) is 0 Å². The number of aromatic carboxylic acids is 1. The zero-order chi connectivity index (χ0) is 23.5. The molecule has 1 aliphatic rings. The number of carbonyl (C=O) groups is 2. The molecule has 1 aliphatic carbocycles. The Morgan fingerprint density at radius 3 is 2.18 bits per heavy atom. The van der Waals surface area contributed by atoms with E-state index < -0.39 is 11.9 Å². The van der Waals surface area contributed by atoms with Gasteiger partial charge >= 0.3 is 5.97 Å². The molecule has 6 nitrogen and oxygen atoms in total. The number of fused-ring (bicyclic) bond motifs is 3. The summed E-state index contributed by atoms with van der Waals surface area (Å²) in [7, 11) is 0. The van der Waals surface area contributed by atoms with Crippen molar-refractivity contribution in [3.63, 3.8) is 0 Å². The fourth-order valence-corrected chi connectivity index (χ4v) is 4.23. The number of aliphatic carboxylic acids is 1. The lowest BCUT2D eigenvalue weighted by molar-refractivity contribution is -0.134. The molecule has 0 saturated carbocycles. The molecule has 1 aromatic heterocycles. The van der Waals surface area contributed by atoms with Crippen LogP contribution in [-0.4, -0.2) is 31.8 Å². The van der Waals surface area contributed by atoms with E-state index in [1.165, 1.54) is 22.8 Å². The van der Waals surface area contributed by atoms with E-state index in [1.807, 2.05) is 18.2 Å². The highest BCUT2D eigenvalue weighted by Crippen LogP contribution is 2.40. The third-order valence-electron chi connectivity index (χ3n) is 5.58. The molecule has 0 fully saturated rings. The van der Waals surface area contributed by atoms with Crippen molar-refractivity contribution in [3.05, 3.63) is 95.7 Å². The number of nitrogens with zero attached hydrogens (tertiary/aromatic N) is 1. The van der Waals surface area contributed by atoms with E-state index in [1.54, 1.807) is 12.1 Å². The van der Waals surface area contributed by atoms with Gasteiger partial charge in [-0.2, -0.15) is 0 Å². The summed E-state index contributed by atoms with van der Waals surface area (Å²) in [6.45, 7) is 1.08. The molecular formula is C27H23NO5. The first-order chi connectivity index (χ1) is 15.9. The molecule has 3 N–H and O–H groups in total. The maximum absolute atomic E-state index is 11.6. The van der Waals surface area contributed by atoms with Crippen LogP contribution < -0.4 is 0 Å². The predicted octanol–water partition coefficient (Wildman–Crippen LogP) is 5.40. The molecule has 6 heteroatoms. The monoisotopic (exact) mass is 441 g/mol. The minimum atomic E-state index is -1.14. The minimum Gasteiger partial charge on any atom is -0.507 e. The SMILES string of the molecule is CC(=O)O.O=C(O)c1cc(-n2c(-c3ccccc3)cc3c2CCc2ccccc2-3)ccc1O. The number of aromatic hydroxyl groups is 1. The van der Waals surface area contributed by atoms with E-state index in [-0.39, 0.29) is 11.3 Å². The summed E-state index contributed by atoms with van der Waals surface area (Å²) in [5.74, 6) is -2.20. The molecule has 0 spiro atoms. The van der Waals surface area contributed by atoms with Gasteiger partial charge in [-0.1, -0.05) is 54.6 Å². The Balaban J connectivity index is 0.000000601. The first-order valence-electron chi connectivity index (χ1n) is 10.5. The number of benzene rings is 3. The van der Waals surface area contributed by atoms with Crippen LogP contribution in [0.25, 0.3) is 28.1 Å². The van der Waals surface area contributed by atoms with Gasteiger partial charge in [0.05, 0.1) is 5.69 Å². The highest BCUT2D eigenvalue weighted by molar-refractivity contribution is 5.92. The van der Waals surface area contributed by atoms with Crippen molar-refractivity contribution in [1.29, 1.82) is 0 Å². The van der Waals surface area contributed by atoms with Crippen LogP contribution in [0.2, 0.25) is 0 Å². The number of aromatic nitrogens is 1. The Labute approximate surface area is 191 Å². The summed E-state index contributed by atoms with van der Waals surface area (Å²) >= 11 is 0. The molecule has 0 bridgehead atoms. The molecule has 0 radical (unpaired) electrons. The van der Waals surface area contributed by atoms with E-state index in [4.69, 9.17) is 9.90 Å². The van der Waals surface area contributed by atoms with Crippen LogP contribution in [0.5, 0.6) is 5.75 Å². The fourth-order valence-electron chi connectivity index (χ4n) is 4.23. The molecule has 166 valence electrons. The lowest BCUT2D eigenvalue weighted by Crippen LogP contribution is -2.09. The Morgan fingerprint density at radius 2 is 1.48 bits per heavy atom. The third kappa shape index (κ3) is 4.36. The molecule has 33 heavy (non-hydrogen) atoms. The van der Waals surface area contributed by atoms with Gasteiger partial charge in [0.2, 0.25) is 0 Å².